The van der Waals surface area contributed by atoms with Crippen LogP contribution < -0.4 is 10.0 Å². The Morgan fingerprint density at radius 1 is 1.03 bits per heavy atom. The SMILES string of the molecule is Cc1cc(C)c(NC(=O)CN(C)C(=O)CCNS(=O)(=O)c2ccc(Br)cc2)c(C)c1. The van der Waals surface area contributed by atoms with E-state index in [1.54, 1.807) is 12.1 Å². The number of anilines is 1. The zero-order valence-electron chi connectivity index (χ0n) is 17.5. The van der Waals surface area contributed by atoms with Crippen molar-refractivity contribution in [3.8, 4) is 0 Å². The number of nitrogens with zero attached hydrogens (tertiary/aromatic N) is 1. The standard InChI is InChI=1S/C21H26BrN3O4S/c1-14-11-15(2)21(16(3)12-14)24-19(26)13-25(4)20(27)9-10-23-30(28,29)18-7-5-17(22)6-8-18/h5-8,11-12,23H,9-10,13H2,1-4H3,(H,24,26). The molecule has 0 saturated carbocycles. The topological polar surface area (TPSA) is 95.6 Å². The minimum Gasteiger partial charge on any atom is -0.336 e. The second-order valence-electron chi connectivity index (χ2n) is 7.17. The molecule has 9 heteroatoms. The van der Waals surface area contributed by atoms with Gasteiger partial charge >= 0.3 is 0 Å². The van der Waals surface area contributed by atoms with Crippen LogP contribution in [-0.4, -0.2) is 45.3 Å². The van der Waals surface area contributed by atoms with E-state index in [0.29, 0.717) is 0 Å². The number of amides is 2. The highest BCUT2D eigenvalue weighted by Crippen LogP contribution is 2.21. The van der Waals surface area contributed by atoms with Gasteiger partial charge in [-0.1, -0.05) is 33.6 Å². The molecule has 0 aliphatic rings. The van der Waals surface area contributed by atoms with E-state index in [1.165, 1.54) is 24.1 Å². The smallest absolute Gasteiger partial charge is 0.243 e. The second kappa shape index (κ2) is 10.2. The molecule has 0 spiro atoms. The Bertz CT molecular complexity index is 1010. The Balaban J connectivity index is 1.86. The van der Waals surface area contributed by atoms with Crippen molar-refractivity contribution in [2.45, 2.75) is 32.1 Å². The summed E-state index contributed by atoms with van der Waals surface area (Å²) < 4.78 is 27.7. The van der Waals surface area contributed by atoms with Crippen molar-refractivity contribution in [3.63, 3.8) is 0 Å². The molecule has 2 amide bonds. The van der Waals surface area contributed by atoms with Crippen LogP contribution in [0.1, 0.15) is 23.1 Å². The maximum Gasteiger partial charge on any atom is 0.243 e. The van der Waals surface area contributed by atoms with Crippen LogP contribution in [0, 0.1) is 20.8 Å². The summed E-state index contributed by atoms with van der Waals surface area (Å²) in [5.41, 5.74) is 3.77. The molecule has 0 radical (unpaired) electrons. The molecule has 2 aromatic rings. The molecule has 0 aliphatic carbocycles. The van der Waals surface area contributed by atoms with Crippen LogP contribution in [0.5, 0.6) is 0 Å². The van der Waals surface area contributed by atoms with Crippen LogP contribution in [0.2, 0.25) is 0 Å². The van der Waals surface area contributed by atoms with Gasteiger partial charge < -0.3 is 10.2 Å². The molecule has 0 aromatic heterocycles. The van der Waals surface area contributed by atoms with Crippen LogP contribution in [0.25, 0.3) is 0 Å². The maximum absolute atomic E-state index is 12.3. The Morgan fingerprint density at radius 3 is 2.17 bits per heavy atom. The minimum absolute atomic E-state index is 0.0534. The number of sulfonamides is 1. The molecule has 2 rings (SSSR count). The maximum atomic E-state index is 12.3. The molecule has 0 fully saturated rings. The molecular formula is C21H26BrN3O4S. The number of aryl methyl sites for hydroxylation is 3. The number of likely N-dealkylation sites (N-methyl/N-ethyl adjacent to an activating group) is 1. The molecule has 0 unspecified atom stereocenters. The van der Waals surface area contributed by atoms with Crippen molar-refractivity contribution in [2.75, 3.05) is 25.5 Å². The van der Waals surface area contributed by atoms with Crippen molar-refractivity contribution in [1.82, 2.24) is 9.62 Å². The quantitative estimate of drug-likeness (QED) is 0.587. The van der Waals surface area contributed by atoms with Crippen molar-refractivity contribution in [1.29, 1.82) is 0 Å². The summed E-state index contributed by atoms with van der Waals surface area (Å²) in [6, 6.07) is 10.2. The van der Waals surface area contributed by atoms with Gasteiger partial charge in [0.05, 0.1) is 11.4 Å². The Kier molecular flexibility index (Phi) is 8.17. The monoisotopic (exact) mass is 495 g/mol. The Labute approximate surface area is 186 Å². The first kappa shape index (κ1) is 24.0. The van der Waals surface area contributed by atoms with E-state index < -0.39 is 10.0 Å². The average molecular weight is 496 g/mol. The van der Waals surface area contributed by atoms with E-state index in [-0.39, 0.29) is 36.2 Å². The normalized spacial score (nSPS) is 11.2. The third kappa shape index (κ3) is 6.65. The van der Waals surface area contributed by atoms with Gasteiger partial charge in [0.25, 0.3) is 0 Å². The molecule has 30 heavy (non-hydrogen) atoms. The fourth-order valence-corrected chi connectivity index (χ4v) is 4.34. The fraction of sp³-hybridized carbons (Fsp3) is 0.333. The highest BCUT2D eigenvalue weighted by Gasteiger charge is 2.17. The van der Waals surface area contributed by atoms with Crippen LogP contribution in [0.15, 0.2) is 45.8 Å². The third-order valence-corrected chi connectivity index (χ3v) is 6.51. The van der Waals surface area contributed by atoms with Gasteiger partial charge in [-0.2, -0.15) is 0 Å². The van der Waals surface area contributed by atoms with Crippen molar-refractivity contribution in [3.05, 3.63) is 57.6 Å². The number of carbonyl (C=O) groups is 2. The highest BCUT2D eigenvalue weighted by atomic mass is 79.9. The van der Waals surface area contributed by atoms with E-state index in [4.69, 9.17) is 0 Å². The highest BCUT2D eigenvalue weighted by molar-refractivity contribution is 9.10. The molecule has 162 valence electrons. The molecule has 0 aliphatic heterocycles. The summed E-state index contributed by atoms with van der Waals surface area (Å²) in [4.78, 5) is 26.0. The summed E-state index contributed by atoms with van der Waals surface area (Å²) in [6.45, 7) is 5.65. The lowest BCUT2D eigenvalue weighted by molar-refractivity contribution is -0.133. The second-order valence-corrected chi connectivity index (χ2v) is 9.86. The summed E-state index contributed by atoms with van der Waals surface area (Å²) in [5, 5.41) is 2.85. The van der Waals surface area contributed by atoms with Gasteiger partial charge in [0.2, 0.25) is 21.8 Å². The van der Waals surface area contributed by atoms with Crippen molar-refractivity contribution in [2.24, 2.45) is 0 Å². The van der Waals surface area contributed by atoms with Gasteiger partial charge in [0.15, 0.2) is 0 Å². The third-order valence-electron chi connectivity index (χ3n) is 4.50. The first-order valence-electron chi connectivity index (χ1n) is 9.36. The summed E-state index contributed by atoms with van der Waals surface area (Å²) in [5.74, 6) is -0.641. The Hall–Kier alpha value is -2.23. The van der Waals surface area contributed by atoms with Crippen molar-refractivity contribution >= 4 is 43.5 Å². The minimum atomic E-state index is -3.70. The van der Waals surface area contributed by atoms with Gasteiger partial charge in [-0.05, 0) is 56.2 Å². The van der Waals surface area contributed by atoms with E-state index in [1.807, 2.05) is 32.9 Å². The molecule has 2 N–H and O–H groups in total. The molecular weight excluding hydrogens is 470 g/mol. The Morgan fingerprint density at radius 2 is 1.60 bits per heavy atom. The number of hydrogen-bond donors (Lipinski definition) is 2. The van der Waals surface area contributed by atoms with Crippen LogP contribution in [0.4, 0.5) is 5.69 Å². The largest absolute Gasteiger partial charge is 0.336 e. The van der Waals surface area contributed by atoms with Crippen molar-refractivity contribution < 1.29 is 18.0 Å². The number of halogens is 1. The molecule has 0 atom stereocenters. The lowest BCUT2D eigenvalue weighted by Gasteiger charge is -2.18. The number of hydrogen-bond acceptors (Lipinski definition) is 4. The first-order valence-corrected chi connectivity index (χ1v) is 11.6. The number of nitrogens with one attached hydrogen (secondary N) is 2. The van der Waals surface area contributed by atoms with Crippen LogP contribution in [0.3, 0.4) is 0 Å². The fourth-order valence-electron chi connectivity index (χ4n) is 3.04. The predicted molar refractivity (Wildman–Crippen MR) is 121 cm³/mol. The first-order chi connectivity index (χ1) is 14.0. The molecule has 0 saturated heterocycles. The molecule has 2 aromatic carbocycles. The van der Waals surface area contributed by atoms with Gasteiger partial charge in [0.1, 0.15) is 0 Å². The van der Waals surface area contributed by atoms with E-state index in [2.05, 4.69) is 26.0 Å². The van der Waals surface area contributed by atoms with Gasteiger partial charge in [0, 0.05) is 30.2 Å². The average Bonchev–Trinajstić information content (AvgIpc) is 2.64. The zero-order valence-corrected chi connectivity index (χ0v) is 19.9. The molecule has 7 nitrogen and oxygen atoms in total. The zero-order chi connectivity index (χ0) is 22.5. The van der Waals surface area contributed by atoms with E-state index in [9.17, 15) is 18.0 Å². The van der Waals surface area contributed by atoms with E-state index in [0.717, 1.165) is 26.9 Å². The van der Waals surface area contributed by atoms with Gasteiger partial charge in [-0.15, -0.1) is 0 Å². The summed E-state index contributed by atoms with van der Waals surface area (Å²) in [7, 11) is -2.18. The van der Waals surface area contributed by atoms with E-state index >= 15 is 0 Å². The van der Waals surface area contributed by atoms with Crippen LogP contribution >= 0.6 is 15.9 Å². The predicted octanol–water partition coefficient (Wildman–Crippen LogP) is 3.14. The number of benzene rings is 2. The lowest BCUT2D eigenvalue weighted by Crippen LogP contribution is -2.37. The summed E-state index contributed by atoms with van der Waals surface area (Å²) >= 11 is 3.25. The van der Waals surface area contributed by atoms with Gasteiger partial charge in [-0.3, -0.25) is 9.59 Å². The summed E-state index contributed by atoms with van der Waals surface area (Å²) in [6.07, 6.45) is -0.0534. The lowest BCUT2D eigenvalue weighted by atomic mass is 10.1. The number of carbonyl (C=O) groups excluding carboxylic acids is 2. The molecule has 0 heterocycles. The number of rotatable bonds is 8. The molecule has 0 bridgehead atoms. The van der Waals surface area contributed by atoms with Gasteiger partial charge in [-0.25, -0.2) is 13.1 Å². The van der Waals surface area contributed by atoms with Crippen LogP contribution in [-0.2, 0) is 19.6 Å².